The fraction of sp³-hybridized carbons (Fsp3) is 0.0769. The standard InChI is InChI=1S/C13H11N3O3/c1-9-3-2-4-12(14-9)15-13(17)10-5-7-11(8-6-10)16(18)19/h2-8H,1H3,(H,14,15,17). The third-order valence-electron chi connectivity index (χ3n) is 2.47. The van der Waals surface area contributed by atoms with Crippen LogP contribution in [0.1, 0.15) is 16.1 Å². The molecule has 1 aromatic carbocycles. The lowest BCUT2D eigenvalue weighted by atomic mass is 10.2. The topological polar surface area (TPSA) is 85.1 Å². The number of pyridine rings is 1. The first-order valence-corrected chi connectivity index (χ1v) is 5.56. The Hall–Kier alpha value is -2.76. The fourth-order valence-corrected chi connectivity index (χ4v) is 1.54. The second-order valence-electron chi connectivity index (χ2n) is 3.92. The monoisotopic (exact) mass is 257 g/mol. The highest BCUT2D eigenvalue weighted by molar-refractivity contribution is 6.03. The first-order valence-electron chi connectivity index (χ1n) is 5.56. The van der Waals surface area contributed by atoms with E-state index in [-0.39, 0.29) is 11.6 Å². The largest absolute Gasteiger partial charge is 0.307 e. The number of nitro groups is 1. The second-order valence-corrected chi connectivity index (χ2v) is 3.92. The van der Waals surface area contributed by atoms with Crippen molar-refractivity contribution in [2.24, 2.45) is 0 Å². The van der Waals surface area contributed by atoms with Crippen LogP contribution >= 0.6 is 0 Å². The molecule has 0 fully saturated rings. The van der Waals surface area contributed by atoms with Crippen LogP contribution in [0, 0.1) is 17.0 Å². The summed E-state index contributed by atoms with van der Waals surface area (Å²) in [6, 6.07) is 10.7. The van der Waals surface area contributed by atoms with Crippen LogP contribution in [-0.4, -0.2) is 15.8 Å². The van der Waals surface area contributed by atoms with Gasteiger partial charge >= 0.3 is 0 Å². The minimum Gasteiger partial charge on any atom is -0.307 e. The molecule has 0 bridgehead atoms. The third kappa shape index (κ3) is 3.12. The molecule has 0 radical (unpaired) electrons. The molecular weight excluding hydrogens is 246 g/mol. The van der Waals surface area contributed by atoms with Crippen molar-refractivity contribution in [3.63, 3.8) is 0 Å². The van der Waals surface area contributed by atoms with Crippen molar-refractivity contribution in [2.45, 2.75) is 6.92 Å². The molecule has 1 heterocycles. The zero-order valence-electron chi connectivity index (χ0n) is 10.2. The number of non-ortho nitro benzene ring substituents is 1. The van der Waals surface area contributed by atoms with E-state index in [4.69, 9.17) is 0 Å². The Morgan fingerprint density at radius 2 is 1.89 bits per heavy atom. The number of benzene rings is 1. The molecule has 19 heavy (non-hydrogen) atoms. The van der Waals surface area contributed by atoms with Gasteiger partial charge in [0.1, 0.15) is 5.82 Å². The van der Waals surface area contributed by atoms with E-state index < -0.39 is 4.92 Å². The van der Waals surface area contributed by atoms with Gasteiger partial charge in [0.05, 0.1) is 4.92 Å². The van der Waals surface area contributed by atoms with Crippen LogP contribution in [0.25, 0.3) is 0 Å². The lowest BCUT2D eigenvalue weighted by Gasteiger charge is -2.04. The molecule has 1 amide bonds. The van der Waals surface area contributed by atoms with Crippen LogP contribution in [0.2, 0.25) is 0 Å². The highest BCUT2D eigenvalue weighted by Crippen LogP contribution is 2.13. The average molecular weight is 257 g/mol. The van der Waals surface area contributed by atoms with Crippen LogP contribution in [-0.2, 0) is 0 Å². The predicted octanol–water partition coefficient (Wildman–Crippen LogP) is 2.55. The molecule has 0 aliphatic carbocycles. The molecule has 1 N–H and O–H groups in total. The maximum atomic E-state index is 11.9. The van der Waals surface area contributed by atoms with Crippen LogP contribution in [0.5, 0.6) is 0 Å². The van der Waals surface area contributed by atoms with Crippen molar-refractivity contribution in [3.8, 4) is 0 Å². The molecule has 0 aliphatic rings. The molecule has 6 heteroatoms. The van der Waals surface area contributed by atoms with Crippen molar-refractivity contribution < 1.29 is 9.72 Å². The molecule has 0 saturated carbocycles. The Bertz CT molecular complexity index is 623. The van der Waals surface area contributed by atoms with Gasteiger partial charge in [-0.05, 0) is 31.2 Å². The van der Waals surface area contributed by atoms with Crippen LogP contribution < -0.4 is 5.32 Å². The first kappa shape index (κ1) is 12.7. The number of nitro benzene ring substituents is 1. The minimum atomic E-state index is -0.510. The van der Waals surface area contributed by atoms with Crippen LogP contribution in [0.3, 0.4) is 0 Å². The molecule has 96 valence electrons. The fourth-order valence-electron chi connectivity index (χ4n) is 1.54. The van der Waals surface area contributed by atoms with E-state index in [1.165, 1.54) is 24.3 Å². The molecular formula is C13H11N3O3. The van der Waals surface area contributed by atoms with Gasteiger partial charge < -0.3 is 5.32 Å². The quantitative estimate of drug-likeness (QED) is 0.676. The highest BCUT2D eigenvalue weighted by Gasteiger charge is 2.10. The highest BCUT2D eigenvalue weighted by atomic mass is 16.6. The van der Waals surface area contributed by atoms with Gasteiger partial charge in [0.25, 0.3) is 11.6 Å². The summed E-state index contributed by atoms with van der Waals surface area (Å²) < 4.78 is 0. The molecule has 0 saturated heterocycles. The molecule has 1 aromatic heterocycles. The Kier molecular flexibility index (Phi) is 3.51. The number of nitrogens with zero attached hydrogens (tertiary/aromatic N) is 2. The number of hydrogen-bond donors (Lipinski definition) is 1. The molecule has 0 aliphatic heterocycles. The lowest BCUT2D eigenvalue weighted by molar-refractivity contribution is -0.384. The van der Waals surface area contributed by atoms with Gasteiger partial charge in [0.15, 0.2) is 0 Å². The zero-order chi connectivity index (χ0) is 13.8. The number of amides is 1. The summed E-state index contributed by atoms with van der Waals surface area (Å²) in [5.74, 6) is 0.0938. The summed E-state index contributed by atoms with van der Waals surface area (Å²) in [7, 11) is 0. The lowest BCUT2D eigenvalue weighted by Crippen LogP contribution is -2.13. The first-order chi connectivity index (χ1) is 9.06. The Labute approximate surface area is 109 Å². The van der Waals surface area contributed by atoms with Crippen molar-refractivity contribution in [2.75, 3.05) is 5.32 Å². The molecule has 0 spiro atoms. The van der Waals surface area contributed by atoms with Crippen molar-refractivity contribution in [1.82, 2.24) is 4.98 Å². The maximum absolute atomic E-state index is 11.9. The average Bonchev–Trinajstić information content (AvgIpc) is 2.39. The van der Waals surface area contributed by atoms with Crippen molar-refractivity contribution >= 4 is 17.4 Å². The summed E-state index contributed by atoms with van der Waals surface area (Å²) in [6.45, 7) is 1.82. The van der Waals surface area contributed by atoms with E-state index in [1.54, 1.807) is 12.1 Å². The number of aryl methyl sites for hydroxylation is 1. The third-order valence-corrected chi connectivity index (χ3v) is 2.47. The summed E-state index contributed by atoms with van der Waals surface area (Å²) in [5, 5.41) is 13.1. The van der Waals surface area contributed by atoms with Gasteiger partial charge in [-0.3, -0.25) is 14.9 Å². The molecule has 0 atom stereocenters. The Morgan fingerprint density at radius 3 is 2.47 bits per heavy atom. The minimum absolute atomic E-state index is 0.0507. The number of nitrogens with one attached hydrogen (secondary N) is 1. The number of aromatic nitrogens is 1. The SMILES string of the molecule is Cc1cccc(NC(=O)c2ccc([N+](=O)[O-])cc2)n1. The van der Waals surface area contributed by atoms with Gasteiger partial charge in [-0.25, -0.2) is 4.98 Å². The van der Waals surface area contributed by atoms with Gasteiger partial charge in [-0.2, -0.15) is 0 Å². The molecule has 6 nitrogen and oxygen atoms in total. The van der Waals surface area contributed by atoms with Crippen LogP contribution in [0.4, 0.5) is 11.5 Å². The van der Waals surface area contributed by atoms with E-state index in [1.807, 2.05) is 13.0 Å². The smallest absolute Gasteiger partial charge is 0.269 e. The number of carbonyl (C=O) groups is 1. The van der Waals surface area contributed by atoms with Gasteiger partial charge in [0, 0.05) is 23.4 Å². The van der Waals surface area contributed by atoms with E-state index in [2.05, 4.69) is 10.3 Å². The van der Waals surface area contributed by atoms with E-state index >= 15 is 0 Å². The van der Waals surface area contributed by atoms with E-state index in [0.29, 0.717) is 11.4 Å². The van der Waals surface area contributed by atoms with Crippen LogP contribution in [0.15, 0.2) is 42.5 Å². The number of rotatable bonds is 3. The Balaban J connectivity index is 2.14. The maximum Gasteiger partial charge on any atom is 0.269 e. The van der Waals surface area contributed by atoms with Crippen molar-refractivity contribution in [3.05, 3.63) is 63.8 Å². The summed E-state index contributed by atoms with van der Waals surface area (Å²) >= 11 is 0. The summed E-state index contributed by atoms with van der Waals surface area (Å²) in [5.41, 5.74) is 1.08. The number of hydrogen-bond acceptors (Lipinski definition) is 4. The Morgan fingerprint density at radius 1 is 1.21 bits per heavy atom. The van der Waals surface area contributed by atoms with Gasteiger partial charge in [-0.15, -0.1) is 0 Å². The van der Waals surface area contributed by atoms with Crippen molar-refractivity contribution in [1.29, 1.82) is 0 Å². The summed E-state index contributed by atoms with van der Waals surface area (Å²) in [6.07, 6.45) is 0. The molecule has 2 aromatic rings. The number of carbonyl (C=O) groups excluding carboxylic acids is 1. The van der Waals surface area contributed by atoms with Gasteiger partial charge in [0.2, 0.25) is 0 Å². The van der Waals surface area contributed by atoms with Gasteiger partial charge in [-0.1, -0.05) is 6.07 Å². The van der Waals surface area contributed by atoms with E-state index in [0.717, 1.165) is 5.69 Å². The normalized spacial score (nSPS) is 9.95. The zero-order valence-corrected chi connectivity index (χ0v) is 10.2. The molecule has 2 rings (SSSR count). The molecule has 0 unspecified atom stereocenters. The second kappa shape index (κ2) is 5.26. The number of anilines is 1. The van der Waals surface area contributed by atoms with E-state index in [9.17, 15) is 14.9 Å². The predicted molar refractivity (Wildman–Crippen MR) is 70.0 cm³/mol. The summed E-state index contributed by atoms with van der Waals surface area (Å²) in [4.78, 5) is 26.0.